The lowest BCUT2D eigenvalue weighted by Crippen LogP contribution is -2.30. The Labute approximate surface area is 148 Å². The van der Waals surface area contributed by atoms with Crippen LogP contribution >= 0.6 is 23.2 Å². The standard InChI is InChI=1S/C17H12Cl2N2O3/c18-9-14(22)24-17-16(23)20-13-7-6-11(19)8-12(13)15(21-17)10-4-2-1-3-5-10/h1-8,17H,9H2,(H,20,23). The molecule has 5 nitrogen and oxygen atoms in total. The molecule has 7 heteroatoms. The molecule has 1 amide bonds. The van der Waals surface area contributed by atoms with Crippen molar-refractivity contribution in [3.05, 3.63) is 64.7 Å². The second-order valence-electron chi connectivity index (χ2n) is 5.00. The fourth-order valence-corrected chi connectivity index (χ4v) is 2.56. The van der Waals surface area contributed by atoms with E-state index in [4.69, 9.17) is 27.9 Å². The number of esters is 1. The third-order valence-corrected chi connectivity index (χ3v) is 3.82. The van der Waals surface area contributed by atoms with Crippen LogP contribution < -0.4 is 5.32 Å². The normalized spacial score (nSPS) is 16.5. The number of benzene rings is 2. The first-order chi connectivity index (χ1) is 11.6. The van der Waals surface area contributed by atoms with Crippen LogP contribution in [0.2, 0.25) is 5.02 Å². The van der Waals surface area contributed by atoms with Gasteiger partial charge in [0.1, 0.15) is 5.88 Å². The lowest BCUT2D eigenvalue weighted by molar-refractivity contribution is -0.151. The van der Waals surface area contributed by atoms with E-state index in [1.807, 2.05) is 30.3 Å². The number of amides is 1. The number of anilines is 1. The first-order valence-electron chi connectivity index (χ1n) is 7.08. The minimum Gasteiger partial charge on any atom is -0.429 e. The molecule has 3 rings (SSSR count). The number of carbonyl (C=O) groups is 2. The molecule has 1 aliphatic heterocycles. The van der Waals surface area contributed by atoms with Crippen molar-refractivity contribution in [3.8, 4) is 0 Å². The maximum Gasteiger partial charge on any atom is 0.323 e. The summed E-state index contributed by atoms with van der Waals surface area (Å²) in [5.41, 5.74) is 2.45. The molecule has 1 aliphatic rings. The highest BCUT2D eigenvalue weighted by Gasteiger charge is 2.28. The fraction of sp³-hybridized carbons (Fsp3) is 0.118. The molecule has 2 aromatic carbocycles. The number of alkyl halides is 1. The highest BCUT2D eigenvalue weighted by Crippen LogP contribution is 2.27. The van der Waals surface area contributed by atoms with Crippen LogP contribution in [0.25, 0.3) is 0 Å². The van der Waals surface area contributed by atoms with Gasteiger partial charge in [-0.05, 0) is 18.2 Å². The maximum absolute atomic E-state index is 12.3. The van der Waals surface area contributed by atoms with E-state index in [2.05, 4.69) is 10.3 Å². The number of nitrogens with one attached hydrogen (secondary N) is 1. The third kappa shape index (κ3) is 3.42. The Kier molecular flexibility index (Phi) is 4.83. The largest absolute Gasteiger partial charge is 0.429 e. The topological polar surface area (TPSA) is 67.8 Å². The summed E-state index contributed by atoms with van der Waals surface area (Å²) in [4.78, 5) is 28.1. The van der Waals surface area contributed by atoms with E-state index in [1.54, 1.807) is 18.2 Å². The zero-order valence-electron chi connectivity index (χ0n) is 12.3. The SMILES string of the molecule is O=C(CCl)OC1N=C(c2ccccc2)c2cc(Cl)ccc2NC1=O. The average molecular weight is 363 g/mol. The van der Waals surface area contributed by atoms with Gasteiger partial charge in [-0.25, -0.2) is 4.99 Å². The van der Waals surface area contributed by atoms with Crippen molar-refractivity contribution >= 4 is 46.5 Å². The number of hydrogen-bond acceptors (Lipinski definition) is 4. The molecule has 122 valence electrons. The van der Waals surface area contributed by atoms with Crippen molar-refractivity contribution in [2.75, 3.05) is 11.2 Å². The highest BCUT2D eigenvalue weighted by molar-refractivity contribution is 6.32. The molecule has 0 radical (unpaired) electrons. The summed E-state index contributed by atoms with van der Waals surface area (Å²) in [7, 11) is 0. The van der Waals surface area contributed by atoms with Crippen molar-refractivity contribution in [2.24, 2.45) is 4.99 Å². The number of aliphatic imine (C=N–C) groups is 1. The number of carbonyl (C=O) groups excluding carboxylic acids is 2. The zero-order valence-corrected chi connectivity index (χ0v) is 13.8. The molecule has 1 unspecified atom stereocenters. The van der Waals surface area contributed by atoms with Crippen molar-refractivity contribution in [3.63, 3.8) is 0 Å². The number of benzodiazepines with no additional fused rings is 1. The summed E-state index contributed by atoms with van der Waals surface area (Å²) in [5.74, 6) is -1.64. The first-order valence-corrected chi connectivity index (χ1v) is 7.99. The number of rotatable bonds is 3. The van der Waals surface area contributed by atoms with E-state index >= 15 is 0 Å². The molecule has 0 aliphatic carbocycles. The van der Waals surface area contributed by atoms with Gasteiger partial charge in [-0.2, -0.15) is 0 Å². The van der Waals surface area contributed by atoms with Crippen LogP contribution in [0, 0.1) is 0 Å². The molecule has 0 saturated carbocycles. The first kappa shape index (κ1) is 16.5. The van der Waals surface area contributed by atoms with Crippen molar-refractivity contribution < 1.29 is 14.3 Å². The van der Waals surface area contributed by atoms with Gasteiger partial charge in [0.25, 0.3) is 12.1 Å². The molecule has 1 atom stereocenters. The molecular weight excluding hydrogens is 351 g/mol. The van der Waals surface area contributed by atoms with Crippen LogP contribution in [0.5, 0.6) is 0 Å². The average Bonchev–Trinajstić information content (AvgIpc) is 2.72. The molecule has 0 aromatic heterocycles. The molecular formula is C17H12Cl2N2O3. The van der Waals surface area contributed by atoms with Gasteiger partial charge in [-0.1, -0.05) is 41.9 Å². The lowest BCUT2D eigenvalue weighted by Gasteiger charge is -2.11. The predicted octanol–water partition coefficient (Wildman–Crippen LogP) is 3.24. The van der Waals surface area contributed by atoms with E-state index in [0.29, 0.717) is 22.0 Å². The molecule has 1 N–H and O–H groups in total. The molecule has 0 spiro atoms. The number of nitrogens with zero attached hydrogens (tertiary/aromatic N) is 1. The number of halogens is 2. The van der Waals surface area contributed by atoms with Gasteiger partial charge in [0.2, 0.25) is 0 Å². The van der Waals surface area contributed by atoms with Crippen LogP contribution in [-0.2, 0) is 14.3 Å². The summed E-state index contributed by atoms with van der Waals surface area (Å²) in [6.07, 6.45) is -1.32. The van der Waals surface area contributed by atoms with Crippen LogP contribution in [0.15, 0.2) is 53.5 Å². The summed E-state index contributed by atoms with van der Waals surface area (Å²) < 4.78 is 5.04. The molecule has 24 heavy (non-hydrogen) atoms. The van der Waals surface area contributed by atoms with Gasteiger partial charge in [-0.3, -0.25) is 9.59 Å². The van der Waals surface area contributed by atoms with E-state index in [1.165, 1.54) is 0 Å². The number of ether oxygens (including phenoxy) is 1. The Morgan fingerprint density at radius 3 is 2.67 bits per heavy atom. The lowest BCUT2D eigenvalue weighted by atomic mass is 10.0. The molecule has 2 aromatic rings. The van der Waals surface area contributed by atoms with Crippen molar-refractivity contribution in [2.45, 2.75) is 6.23 Å². The Hall–Kier alpha value is -2.37. The second-order valence-corrected chi connectivity index (χ2v) is 5.70. The second kappa shape index (κ2) is 7.03. The van der Waals surface area contributed by atoms with Crippen LogP contribution in [-0.4, -0.2) is 29.7 Å². The van der Waals surface area contributed by atoms with E-state index < -0.39 is 18.1 Å². The van der Waals surface area contributed by atoms with Crippen molar-refractivity contribution in [1.29, 1.82) is 0 Å². The maximum atomic E-state index is 12.3. The third-order valence-electron chi connectivity index (χ3n) is 3.36. The molecule has 0 bridgehead atoms. The number of fused-ring (bicyclic) bond motifs is 1. The minimum absolute atomic E-state index is 0.362. The van der Waals surface area contributed by atoms with Gasteiger partial charge in [-0.15, -0.1) is 11.6 Å². The zero-order chi connectivity index (χ0) is 17.1. The molecule has 1 heterocycles. The Morgan fingerprint density at radius 2 is 1.96 bits per heavy atom. The van der Waals surface area contributed by atoms with Gasteiger partial charge in [0.05, 0.1) is 11.4 Å². The predicted molar refractivity (Wildman–Crippen MR) is 92.8 cm³/mol. The molecule has 0 fully saturated rings. The summed E-state index contributed by atoms with van der Waals surface area (Å²) in [6.45, 7) is 0. The van der Waals surface area contributed by atoms with Gasteiger partial charge < -0.3 is 10.1 Å². The highest BCUT2D eigenvalue weighted by atomic mass is 35.5. The Bertz CT molecular complexity index is 822. The van der Waals surface area contributed by atoms with Gasteiger partial charge in [0.15, 0.2) is 0 Å². The quantitative estimate of drug-likeness (QED) is 0.673. The summed E-state index contributed by atoms with van der Waals surface area (Å²) in [5, 5.41) is 3.20. The summed E-state index contributed by atoms with van der Waals surface area (Å²) >= 11 is 11.5. The van der Waals surface area contributed by atoms with E-state index in [-0.39, 0.29) is 5.88 Å². The fourth-order valence-electron chi connectivity index (χ4n) is 2.32. The van der Waals surface area contributed by atoms with Crippen LogP contribution in [0.3, 0.4) is 0 Å². The van der Waals surface area contributed by atoms with Crippen LogP contribution in [0.1, 0.15) is 11.1 Å². The van der Waals surface area contributed by atoms with Crippen LogP contribution in [0.4, 0.5) is 5.69 Å². The monoisotopic (exact) mass is 362 g/mol. The smallest absolute Gasteiger partial charge is 0.323 e. The van der Waals surface area contributed by atoms with E-state index in [0.717, 1.165) is 5.56 Å². The van der Waals surface area contributed by atoms with Gasteiger partial charge in [0, 0.05) is 16.1 Å². The van der Waals surface area contributed by atoms with E-state index in [9.17, 15) is 9.59 Å². The van der Waals surface area contributed by atoms with Crippen molar-refractivity contribution in [1.82, 2.24) is 0 Å². The minimum atomic E-state index is -1.32. The van der Waals surface area contributed by atoms with Gasteiger partial charge >= 0.3 is 5.97 Å². The Morgan fingerprint density at radius 1 is 1.21 bits per heavy atom. The Balaban J connectivity index is 2.14. The number of hydrogen-bond donors (Lipinski definition) is 1. The summed E-state index contributed by atoms with van der Waals surface area (Å²) in [6, 6.07) is 14.3. The molecule has 0 saturated heterocycles.